The van der Waals surface area contributed by atoms with E-state index in [0.717, 1.165) is 12.2 Å². The zero-order valence-corrected chi connectivity index (χ0v) is 11.1. The second-order valence-corrected chi connectivity index (χ2v) is 4.63. The monoisotopic (exact) mass is 289 g/mol. The molecule has 1 aliphatic rings. The third-order valence-electron chi connectivity index (χ3n) is 3.24. The maximum Gasteiger partial charge on any atom is 0.268 e. The molecule has 0 saturated heterocycles. The van der Waals surface area contributed by atoms with Gasteiger partial charge in [0.15, 0.2) is 5.67 Å². The molecule has 0 N–H and O–H groups in total. The molecule has 2 atom stereocenters. The molecule has 0 bridgehead atoms. The number of nitro groups is 1. The summed E-state index contributed by atoms with van der Waals surface area (Å²) < 4.78 is 28.5. The third-order valence-corrected chi connectivity index (χ3v) is 3.24. The number of nitrogens with zero attached hydrogens (tertiary/aromatic N) is 1. The van der Waals surface area contributed by atoms with Gasteiger partial charge in [0.1, 0.15) is 5.82 Å². The lowest BCUT2D eigenvalue weighted by Gasteiger charge is -2.25. The van der Waals surface area contributed by atoms with Crippen molar-refractivity contribution in [3.63, 3.8) is 0 Å². The number of rotatable bonds is 4. The minimum Gasteiger partial charge on any atom is -0.258 e. The van der Waals surface area contributed by atoms with Crippen molar-refractivity contribution < 1.29 is 13.7 Å². The van der Waals surface area contributed by atoms with Gasteiger partial charge in [0.25, 0.3) is 5.70 Å². The molecule has 0 aromatic heterocycles. The number of benzene rings is 1. The Hall–Kier alpha value is -2.56. The molecule has 0 saturated carbocycles. The second kappa shape index (κ2) is 5.83. The number of allylic oxidation sites excluding steroid dienone is 5. The van der Waals surface area contributed by atoms with E-state index >= 15 is 0 Å². The largest absolute Gasteiger partial charge is 0.268 e. The Bertz CT molecular complexity index is 664. The summed E-state index contributed by atoms with van der Waals surface area (Å²) >= 11 is 0. The van der Waals surface area contributed by atoms with Crippen LogP contribution in [0.3, 0.4) is 0 Å². The standard InChI is InChI=1S/C16H13F2NO2/c1-2-13-7-8-14(19(20)21)11-16(13,18)10-9-12-5-3-4-6-15(12)17/h2-11,13H,1H2. The fraction of sp³-hybridized carbons (Fsp3) is 0.125. The summed E-state index contributed by atoms with van der Waals surface area (Å²) in [4.78, 5) is 10.1. The maximum atomic E-state index is 15.0. The van der Waals surface area contributed by atoms with Crippen LogP contribution in [0.1, 0.15) is 5.56 Å². The SMILES string of the molecule is C=CC1C=CC([N+](=O)[O-])=CC1(F)C=Cc1ccccc1F. The lowest BCUT2D eigenvalue weighted by molar-refractivity contribution is -0.420. The van der Waals surface area contributed by atoms with Gasteiger partial charge >= 0.3 is 0 Å². The first-order valence-electron chi connectivity index (χ1n) is 6.27. The molecule has 3 nitrogen and oxygen atoms in total. The van der Waals surface area contributed by atoms with Crippen molar-refractivity contribution in [1.29, 1.82) is 0 Å². The van der Waals surface area contributed by atoms with E-state index in [4.69, 9.17) is 0 Å². The average Bonchev–Trinajstić information content (AvgIpc) is 2.46. The minimum atomic E-state index is -2.11. The molecule has 2 rings (SSSR count). The van der Waals surface area contributed by atoms with Gasteiger partial charge in [-0.3, -0.25) is 10.1 Å². The minimum absolute atomic E-state index is 0.211. The van der Waals surface area contributed by atoms with Gasteiger partial charge in [-0.15, -0.1) is 6.58 Å². The summed E-state index contributed by atoms with van der Waals surface area (Å²) in [5.74, 6) is -1.23. The van der Waals surface area contributed by atoms with Gasteiger partial charge in [0.2, 0.25) is 0 Å². The van der Waals surface area contributed by atoms with Crippen LogP contribution < -0.4 is 0 Å². The molecule has 5 heteroatoms. The van der Waals surface area contributed by atoms with E-state index in [0.29, 0.717) is 0 Å². The molecule has 1 aromatic rings. The molecule has 0 radical (unpaired) electrons. The first-order valence-corrected chi connectivity index (χ1v) is 6.27. The highest BCUT2D eigenvalue weighted by atomic mass is 19.1. The highest BCUT2D eigenvalue weighted by Gasteiger charge is 2.36. The van der Waals surface area contributed by atoms with Crippen LogP contribution in [0.15, 0.2) is 66.9 Å². The second-order valence-electron chi connectivity index (χ2n) is 4.63. The van der Waals surface area contributed by atoms with Crippen LogP contribution in [-0.2, 0) is 0 Å². The molecule has 1 aromatic carbocycles. The smallest absolute Gasteiger partial charge is 0.258 e. The lowest BCUT2D eigenvalue weighted by atomic mass is 9.84. The number of hydrogen-bond donors (Lipinski definition) is 0. The quantitative estimate of drug-likeness (QED) is 0.476. The van der Waals surface area contributed by atoms with Crippen LogP contribution in [-0.4, -0.2) is 10.6 Å². The van der Waals surface area contributed by atoms with Crippen molar-refractivity contribution >= 4 is 6.08 Å². The number of hydrogen-bond acceptors (Lipinski definition) is 2. The summed E-state index contributed by atoms with van der Waals surface area (Å²) in [6.45, 7) is 3.52. The van der Waals surface area contributed by atoms with E-state index in [1.54, 1.807) is 6.07 Å². The molecule has 2 unspecified atom stereocenters. The Morgan fingerprint density at radius 3 is 2.71 bits per heavy atom. The zero-order chi connectivity index (χ0) is 15.5. The fourth-order valence-corrected chi connectivity index (χ4v) is 2.08. The molecule has 0 aliphatic heterocycles. The number of halogens is 2. The lowest BCUT2D eigenvalue weighted by Crippen LogP contribution is -2.29. The van der Waals surface area contributed by atoms with Gasteiger partial charge in [-0.05, 0) is 12.1 Å². The summed E-state index contributed by atoms with van der Waals surface area (Å²) in [5.41, 5.74) is -2.24. The molecule has 108 valence electrons. The Balaban J connectivity index is 2.38. The first kappa shape index (κ1) is 14.8. The molecular formula is C16H13F2NO2. The van der Waals surface area contributed by atoms with Crippen LogP contribution in [0.5, 0.6) is 0 Å². The summed E-state index contributed by atoms with van der Waals surface area (Å²) in [6, 6.07) is 5.90. The molecule has 0 heterocycles. The van der Waals surface area contributed by atoms with Crippen molar-refractivity contribution in [2.24, 2.45) is 5.92 Å². The molecule has 1 aliphatic carbocycles. The number of alkyl halides is 1. The van der Waals surface area contributed by atoms with E-state index in [1.807, 2.05) is 0 Å². The predicted molar refractivity (Wildman–Crippen MR) is 77.2 cm³/mol. The van der Waals surface area contributed by atoms with Crippen LogP contribution in [0, 0.1) is 21.8 Å². The van der Waals surface area contributed by atoms with E-state index in [-0.39, 0.29) is 11.3 Å². The maximum absolute atomic E-state index is 15.0. The summed E-state index contributed by atoms with van der Waals surface area (Å²) in [5, 5.41) is 10.8. The van der Waals surface area contributed by atoms with E-state index in [9.17, 15) is 18.9 Å². The average molecular weight is 289 g/mol. The van der Waals surface area contributed by atoms with Crippen molar-refractivity contribution in [1.82, 2.24) is 0 Å². The predicted octanol–water partition coefficient (Wildman–Crippen LogP) is 4.08. The van der Waals surface area contributed by atoms with Gasteiger partial charge < -0.3 is 0 Å². The zero-order valence-electron chi connectivity index (χ0n) is 11.1. The normalized spacial score (nSPS) is 24.9. The third kappa shape index (κ3) is 3.13. The van der Waals surface area contributed by atoms with Crippen molar-refractivity contribution in [2.75, 3.05) is 0 Å². The molecule has 0 fully saturated rings. The molecule has 0 spiro atoms. The Kier molecular flexibility index (Phi) is 4.12. The van der Waals surface area contributed by atoms with Crippen LogP contribution in [0.2, 0.25) is 0 Å². The van der Waals surface area contributed by atoms with Crippen molar-refractivity contribution in [3.05, 3.63) is 88.4 Å². The van der Waals surface area contributed by atoms with Crippen LogP contribution in [0.4, 0.5) is 8.78 Å². The topological polar surface area (TPSA) is 43.1 Å². The fourth-order valence-electron chi connectivity index (χ4n) is 2.08. The Morgan fingerprint density at radius 2 is 2.10 bits per heavy atom. The van der Waals surface area contributed by atoms with Gasteiger partial charge in [0, 0.05) is 23.6 Å². The van der Waals surface area contributed by atoms with Gasteiger partial charge in [-0.25, -0.2) is 8.78 Å². The van der Waals surface area contributed by atoms with Crippen LogP contribution in [0.25, 0.3) is 6.08 Å². The molecule has 21 heavy (non-hydrogen) atoms. The van der Waals surface area contributed by atoms with E-state index < -0.39 is 22.3 Å². The van der Waals surface area contributed by atoms with Gasteiger partial charge in [0.05, 0.1) is 4.92 Å². The van der Waals surface area contributed by atoms with Crippen LogP contribution >= 0.6 is 0 Å². The molecular weight excluding hydrogens is 276 g/mol. The Labute approximate surface area is 120 Å². The highest BCUT2D eigenvalue weighted by Crippen LogP contribution is 2.34. The van der Waals surface area contributed by atoms with Gasteiger partial charge in [-0.2, -0.15) is 0 Å². The van der Waals surface area contributed by atoms with E-state index in [1.165, 1.54) is 42.5 Å². The Morgan fingerprint density at radius 1 is 1.38 bits per heavy atom. The first-order chi connectivity index (χ1) is 9.96. The van der Waals surface area contributed by atoms with Crippen molar-refractivity contribution in [3.8, 4) is 0 Å². The van der Waals surface area contributed by atoms with E-state index in [2.05, 4.69) is 6.58 Å². The van der Waals surface area contributed by atoms with Gasteiger partial charge in [-0.1, -0.05) is 36.4 Å². The summed E-state index contributed by atoms with van der Waals surface area (Å²) in [7, 11) is 0. The van der Waals surface area contributed by atoms with Crippen molar-refractivity contribution in [2.45, 2.75) is 5.67 Å². The molecule has 0 amide bonds. The summed E-state index contributed by atoms with van der Waals surface area (Å²) in [6.07, 6.45) is 7.27. The highest BCUT2D eigenvalue weighted by molar-refractivity contribution is 5.53.